The zero-order valence-corrected chi connectivity index (χ0v) is 15.1. The van der Waals surface area contributed by atoms with Crippen LogP contribution in [-0.2, 0) is 10.0 Å². The molecule has 1 N–H and O–H groups in total. The van der Waals surface area contributed by atoms with Gasteiger partial charge in [-0.15, -0.1) is 0 Å². The molecule has 0 atom stereocenters. The first-order chi connectivity index (χ1) is 11.3. The van der Waals surface area contributed by atoms with E-state index in [1.807, 2.05) is 13.0 Å². The van der Waals surface area contributed by atoms with Crippen LogP contribution in [0, 0.1) is 6.92 Å². The van der Waals surface area contributed by atoms with Gasteiger partial charge in [-0.05, 0) is 36.8 Å². The molecule has 24 heavy (non-hydrogen) atoms. The minimum absolute atomic E-state index is 0.122. The van der Waals surface area contributed by atoms with Crippen molar-refractivity contribution in [2.24, 2.45) is 0 Å². The highest BCUT2D eigenvalue weighted by Crippen LogP contribution is 2.24. The van der Waals surface area contributed by atoms with Crippen LogP contribution in [0.25, 0.3) is 0 Å². The van der Waals surface area contributed by atoms with E-state index in [0.717, 1.165) is 11.8 Å². The van der Waals surface area contributed by atoms with Gasteiger partial charge in [0.05, 0.1) is 18.5 Å². The standard InChI is InChI=1S/C17H19ClN2O3S/c1-13-8-9-15(12-16(13)18)20(24(2,22)23)11-10-19-17(21)14-6-4-3-5-7-14/h3-9,12H,10-11H2,1-2H3,(H,19,21). The number of carbonyl (C=O) groups excluding carboxylic acids is 1. The van der Waals surface area contributed by atoms with Gasteiger partial charge in [-0.1, -0.05) is 35.9 Å². The molecule has 0 saturated carbocycles. The van der Waals surface area contributed by atoms with Gasteiger partial charge in [0.1, 0.15) is 0 Å². The van der Waals surface area contributed by atoms with E-state index in [1.54, 1.807) is 42.5 Å². The Morgan fingerprint density at radius 3 is 2.42 bits per heavy atom. The maximum atomic E-state index is 12.0. The van der Waals surface area contributed by atoms with E-state index in [2.05, 4.69) is 5.32 Å². The summed E-state index contributed by atoms with van der Waals surface area (Å²) in [6, 6.07) is 13.8. The SMILES string of the molecule is Cc1ccc(N(CCNC(=O)c2ccccc2)S(C)(=O)=O)cc1Cl. The second-order valence-corrected chi connectivity index (χ2v) is 7.70. The maximum absolute atomic E-state index is 12.0. The fourth-order valence-corrected chi connectivity index (χ4v) is 3.28. The van der Waals surface area contributed by atoms with Crippen molar-refractivity contribution >= 4 is 33.2 Å². The number of carbonyl (C=O) groups is 1. The Morgan fingerprint density at radius 2 is 1.83 bits per heavy atom. The summed E-state index contributed by atoms with van der Waals surface area (Å²) in [5.41, 5.74) is 1.87. The Morgan fingerprint density at radius 1 is 1.17 bits per heavy atom. The number of nitrogens with one attached hydrogen (secondary N) is 1. The lowest BCUT2D eigenvalue weighted by atomic mass is 10.2. The molecule has 2 rings (SSSR count). The van der Waals surface area contributed by atoms with Gasteiger partial charge in [0.15, 0.2) is 0 Å². The molecule has 0 fully saturated rings. The van der Waals surface area contributed by atoms with Crippen molar-refractivity contribution in [1.82, 2.24) is 5.32 Å². The molecule has 0 aliphatic carbocycles. The summed E-state index contributed by atoms with van der Waals surface area (Å²) in [7, 11) is -3.49. The van der Waals surface area contributed by atoms with Crippen molar-refractivity contribution in [1.29, 1.82) is 0 Å². The third kappa shape index (κ3) is 4.72. The maximum Gasteiger partial charge on any atom is 0.251 e. The summed E-state index contributed by atoms with van der Waals surface area (Å²) in [6.45, 7) is 2.15. The summed E-state index contributed by atoms with van der Waals surface area (Å²) >= 11 is 6.08. The number of aryl methyl sites for hydroxylation is 1. The molecule has 0 heterocycles. The van der Waals surface area contributed by atoms with Crippen LogP contribution in [0.15, 0.2) is 48.5 Å². The zero-order valence-electron chi connectivity index (χ0n) is 13.5. The van der Waals surface area contributed by atoms with E-state index < -0.39 is 10.0 Å². The zero-order chi connectivity index (χ0) is 17.7. The van der Waals surface area contributed by atoms with Crippen LogP contribution >= 0.6 is 11.6 Å². The van der Waals surface area contributed by atoms with Crippen LogP contribution in [0.1, 0.15) is 15.9 Å². The summed E-state index contributed by atoms with van der Waals surface area (Å²) in [6.07, 6.45) is 1.12. The van der Waals surface area contributed by atoms with E-state index in [4.69, 9.17) is 11.6 Å². The molecule has 7 heteroatoms. The second-order valence-electron chi connectivity index (χ2n) is 5.39. The van der Waals surface area contributed by atoms with Gasteiger partial charge >= 0.3 is 0 Å². The predicted molar refractivity (Wildman–Crippen MR) is 97.2 cm³/mol. The molecule has 1 amide bonds. The second kappa shape index (κ2) is 7.68. The molecule has 2 aromatic rings. The first-order valence-electron chi connectivity index (χ1n) is 7.36. The normalized spacial score (nSPS) is 11.1. The molecule has 5 nitrogen and oxygen atoms in total. The number of anilines is 1. The molecule has 128 valence electrons. The van der Waals surface area contributed by atoms with Gasteiger partial charge in [0.25, 0.3) is 5.91 Å². The Kier molecular flexibility index (Phi) is 5.85. The van der Waals surface area contributed by atoms with E-state index in [0.29, 0.717) is 16.3 Å². The lowest BCUT2D eigenvalue weighted by molar-refractivity contribution is 0.0955. The van der Waals surface area contributed by atoms with Crippen LogP contribution < -0.4 is 9.62 Å². The van der Waals surface area contributed by atoms with Gasteiger partial charge in [0.2, 0.25) is 10.0 Å². The number of hydrogen-bond acceptors (Lipinski definition) is 3. The van der Waals surface area contributed by atoms with Crippen LogP contribution in [-0.4, -0.2) is 33.7 Å². The Balaban J connectivity index is 2.08. The average Bonchev–Trinajstić information content (AvgIpc) is 2.54. The molecule has 0 radical (unpaired) electrons. The summed E-state index contributed by atoms with van der Waals surface area (Å²) < 4.78 is 25.3. The molecule has 0 bridgehead atoms. The molecule has 0 spiro atoms. The lowest BCUT2D eigenvalue weighted by Crippen LogP contribution is -2.38. The minimum atomic E-state index is -3.49. The Hall–Kier alpha value is -2.05. The van der Waals surface area contributed by atoms with E-state index >= 15 is 0 Å². The summed E-state index contributed by atoms with van der Waals surface area (Å²) in [5, 5.41) is 3.21. The number of hydrogen-bond donors (Lipinski definition) is 1. The topological polar surface area (TPSA) is 66.5 Å². The molecule has 2 aromatic carbocycles. The third-order valence-electron chi connectivity index (χ3n) is 3.48. The smallest absolute Gasteiger partial charge is 0.251 e. The number of amides is 1. The van der Waals surface area contributed by atoms with Crippen LogP contribution in [0.3, 0.4) is 0 Å². The first kappa shape index (κ1) is 18.3. The largest absolute Gasteiger partial charge is 0.350 e. The molecule has 0 aliphatic heterocycles. The van der Waals surface area contributed by atoms with Gasteiger partial charge in [-0.3, -0.25) is 9.10 Å². The first-order valence-corrected chi connectivity index (χ1v) is 9.59. The van der Waals surface area contributed by atoms with Gasteiger partial charge in [0, 0.05) is 17.1 Å². The van der Waals surface area contributed by atoms with E-state index in [1.165, 1.54) is 4.31 Å². The van der Waals surface area contributed by atoms with Crippen molar-refractivity contribution in [3.63, 3.8) is 0 Å². The van der Waals surface area contributed by atoms with E-state index in [-0.39, 0.29) is 19.0 Å². The molecule has 0 saturated heterocycles. The highest BCUT2D eigenvalue weighted by atomic mass is 35.5. The number of rotatable bonds is 6. The third-order valence-corrected chi connectivity index (χ3v) is 5.08. The fraction of sp³-hybridized carbons (Fsp3) is 0.235. The summed E-state index contributed by atoms with van der Waals surface area (Å²) in [5.74, 6) is -0.244. The van der Waals surface area contributed by atoms with Gasteiger partial charge < -0.3 is 5.32 Å². The van der Waals surface area contributed by atoms with Crippen molar-refractivity contribution in [3.8, 4) is 0 Å². The van der Waals surface area contributed by atoms with Crippen molar-refractivity contribution in [2.75, 3.05) is 23.7 Å². The highest BCUT2D eigenvalue weighted by Gasteiger charge is 2.18. The Labute approximate surface area is 147 Å². The molecule has 0 aromatic heterocycles. The Bertz CT molecular complexity index is 823. The summed E-state index contributed by atoms with van der Waals surface area (Å²) in [4.78, 5) is 12.0. The molecular weight excluding hydrogens is 348 g/mol. The minimum Gasteiger partial charge on any atom is -0.350 e. The number of halogens is 1. The number of sulfonamides is 1. The average molecular weight is 367 g/mol. The van der Waals surface area contributed by atoms with Crippen LogP contribution in [0.2, 0.25) is 5.02 Å². The monoisotopic (exact) mass is 366 g/mol. The van der Waals surface area contributed by atoms with Crippen molar-refractivity contribution in [3.05, 3.63) is 64.7 Å². The van der Waals surface area contributed by atoms with Crippen molar-refractivity contribution < 1.29 is 13.2 Å². The number of benzene rings is 2. The number of nitrogens with zero attached hydrogens (tertiary/aromatic N) is 1. The molecular formula is C17H19ClN2O3S. The quantitative estimate of drug-likeness (QED) is 0.854. The predicted octanol–water partition coefficient (Wildman–Crippen LogP) is 2.84. The lowest BCUT2D eigenvalue weighted by Gasteiger charge is -2.23. The van der Waals surface area contributed by atoms with Crippen LogP contribution in [0.5, 0.6) is 0 Å². The molecule has 0 unspecified atom stereocenters. The van der Waals surface area contributed by atoms with Crippen molar-refractivity contribution in [2.45, 2.75) is 6.92 Å². The van der Waals surface area contributed by atoms with Crippen LogP contribution in [0.4, 0.5) is 5.69 Å². The van der Waals surface area contributed by atoms with E-state index in [9.17, 15) is 13.2 Å². The highest BCUT2D eigenvalue weighted by molar-refractivity contribution is 7.92. The fourth-order valence-electron chi connectivity index (χ4n) is 2.19. The van der Waals surface area contributed by atoms with Gasteiger partial charge in [-0.25, -0.2) is 8.42 Å². The molecule has 0 aliphatic rings. The van der Waals surface area contributed by atoms with Gasteiger partial charge in [-0.2, -0.15) is 0 Å².